The summed E-state index contributed by atoms with van der Waals surface area (Å²) in [5.41, 5.74) is -0.0777. The van der Waals surface area contributed by atoms with Crippen LogP contribution in [0.5, 0.6) is 0 Å². The minimum Gasteiger partial charge on any atom is -0.465 e. The molecule has 4 atom stereocenters. The van der Waals surface area contributed by atoms with Gasteiger partial charge in [-0.05, 0) is 44.7 Å². The Morgan fingerprint density at radius 2 is 2.00 bits per heavy atom. The van der Waals surface area contributed by atoms with Crippen LogP contribution in [-0.4, -0.2) is 47.9 Å². The number of hydrogen-bond donors (Lipinski definition) is 1. The van der Waals surface area contributed by atoms with E-state index in [1.54, 1.807) is 19.1 Å². The second-order valence-corrected chi connectivity index (χ2v) is 8.36. The van der Waals surface area contributed by atoms with Crippen molar-refractivity contribution >= 4 is 24.0 Å². The Labute approximate surface area is 180 Å². The molecule has 2 aliphatic heterocycles. The van der Waals surface area contributed by atoms with Gasteiger partial charge in [-0.1, -0.05) is 17.7 Å². The summed E-state index contributed by atoms with van der Waals surface area (Å²) in [5, 5.41) is 11.2. The topological polar surface area (TPSA) is 112 Å². The molecule has 0 saturated carbocycles. The highest BCUT2D eigenvalue weighted by atomic mass is 16.6. The summed E-state index contributed by atoms with van der Waals surface area (Å²) >= 11 is 0. The van der Waals surface area contributed by atoms with Crippen molar-refractivity contribution in [3.63, 3.8) is 0 Å². The molecule has 0 amide bonds. The highest BCUT2D eigenvalue weighted by Gasteiger charge is 2.58. The predicted octanol–water partition coefficient (Wildman–Crippen LogP) is 2.98. The molecule has 0 spiro atoms. The van der Waals surface area contributed by atoms with E-state index in [0.29, 0.717) is 29.9 Å². The molecule has 3 heterocycles. The van der Waals surface area contributed by atoms with Crippen LogP contribution in [0.25, 0.3) is 6.08 Å². The minimum absolute atomic E-state index is 0.00168. The number of furan rings is 1. The molecule has 0 aliphatic carbocycles. The Morgan fingerprint density at radius 3 is 2.61 bits per heavy atom. The van der Waals surface area contributed by atoms with E-state index in [0.717, 1.165) is 11.1 Å². The van der Waals surface area contributed by atoms with Crippen LogP contribution in [0.1, 0.15) is 61.9 Å². The number of ether oxygens (including phenoxy) is 3. The van der Waals surface area contributed by atoms with Gasteiger partial charge in [0.25, 0.3) is 0 Å². The van der Waals surface area contributed by atoms with Gasteiger partial charge in [0.1, 0.15) is 23.2 Å². The molecule has 8 heteroatoms. The molecule has 31 heavy (non-hydrogen) atoms. The van der Waals surface area contributed by atoms with E-state index in [1.165, 1.54) is 14.0 Å². The lowest BCUT2D eigenvalue weighted by atomic mass is 9.82. The van der Waals surface area contributed by atoms with E-state index in [4.69, 9.17) is 18.6 Å². The molecule has 3 rings (SSSR count). The molecule has 4 bridgehead atoms. The molecule has 1 aromatic rings. The SMILES string of the molecule is C=C(C)[C@H]1CC[C@]2(O)C(=O)O[C@H](C/C(C)=C/c3cc(C(=O)OC)c(o3)C1)[C@H]2OC(C)=O. The molecule has 2 aliphatic rings. The molecule has 8 nitrogen and oxygen atoms in total. The molecular weight excluding hydrogens is 404 g/mol. The average molecular weight is 432 g/mol. The fourth-order valence-corrected chi connectivity index (χ4v) is 4.19. The number of esters is 3. The monoisotopic (exact) mass is 432 g/mol. The number of carbonyl (C=O) groups is 3. The van der Waals surface area contributed by atoms with E-state index in [2.05, 4.69) is 6.58 Å². The maximum atomic E-state index is 12.6. The van der Waals surface area contributed by atoms with Crippen molar-refractivity contribution in [1.82, 2.24) is 0 Å². The maximum absolute atomic E-state index is 12.6. The second kappa shape index (κ2) is 8.70. The highest BCUT2D eigenvalue weighted by Crippen LogP contribution is 2.39. The third kappa shape index (κ3) is 4.58. The summed E-state index contributed by atoms with van der Waals surface area (Å²) < 4.78 is 21.6. The lowest BCUT2D eigenvalue weighted by molar-refractivity contribution is -0.166. The van der Waals surface area contributed by atoms with Gasteiger partial charge in [-0.15, -0.1) is 0 Å². The molecule has 1 aromatic heterocycles. The largest absolute Gasteiger partial charge is 0.465 e. The lowest BCUT2D eigenvalue weighted by Crippen LogP contribution is -2.48. The van der Waals surface area contributed by atoms with Crippen molar-refractivity contribution in [1.29, 1.82) is 0 Å². The summed E-state index contributed by atoms with van der Waals surface area (Å²) in [5.74, 6) is -1.21. The Hall–Kier alpha value is -2.87. The molecule has 1 fully saturated rings. The normalized spacial score (nSPS) is 30.0. The summed E-state index contributed by atoms with van der Waals surface area (Å²) in [7, 11) is 1.31. The summed E-state index contributed by atoms with van der Waals surface area (Å²) in [6, 6.07) is 1.62. The van der Waals surface area contributed by atoms with Crippen LogP contribution in [0.2, 0.25) is 0 Å². The van der Waals surface area contributed by atoms with Crippen molar-refractivity contribution in [2.75, 3.05) is 7.11 Å². The number of aliphatic hydroxyl groups is 1. The zero-order chi connectivity index (χ0) is 22.9. The van der Waals surface area contributed by atoms with Crippen molar-refractivity contribution < 1.29 is 38.1 Å². The van der Waals surface area contributed by atoms with Crippen LogP contribution >= 0.6 is 0 Å². The Balaban J connectivity index is 2.08. The number of fused-ring (bicyclic) bond motifs is 4. The fraction of sp³-hybridized carbons (Fsp3) is 0.522. The van der Waals surface area contributed by atoms with E-state index >= 15 is 0 Å². The van der Waals surface area contributed by atoms with Crippen LogP contribution in [-0.2, 0) is 30.2 Å². The molecule has 0 aromatic carbocycles. The zero-order valence-corrected chi connectivity index (χ0v) is 18.2. The molecule has 0 radical (unpaired) electrons. The smallest absolute Gasteiger partial charge is 0.342 e. The van der Waals surface area contributed by atoms with Crippen molar-refractivity contribution in [2.24, 2.45) is 5.92 Å². The number of carbonyl (C=O) groups excluding carboxylic acids is 3. The number of rotatable bonds is 3. The van der Waals surface area contributed by atoms with Gasteiger partial charge < -0.3 is 23.7 Å². The molecule has 1 saturated heterocycles. The first-order chi connectivity index (χ1) is 14.5. The molecular formula is C23H28O8. The van der Waals surface area contributed by atoms with Gasteiger partial charge in [0.05, 0.1) is 7.11 Å². The van der Waals surface area contributed by atoms with Gasteiger partial charge in [0.2, 0.25) is 5.60 Å². The van der Waals surface area contributed by atoms with Crippen molar-refractivity contribution in [3.05, 3.63) is 40.9 Å². The standard InChI is InChI=1S/C23H28O8/c1-12(2)15-6-7-23(27)20(29-14(4)24)19(31-22(23)26)9-13(3)8-16-11-17(21(25)28-5)18(10-15)30-16/h8,11,15,19-20,27H,1,6-7,9-10H2,2-5H3/b13-8+/t15-,19+,20+,23+/m0/s1. The van der Waals surface area contributed by atoms with Crippen LogP contribution in [0.15, 0.2) is 28.2 Å². The Morgan fingerprint density at radius 1 is 1.29 bits per heavy atom. The first kappa shape index (κ1) is 22.8. The van der Waals surface area contributed by atoms with Crippen LogP contribution in [0.4, 0.5) is 0 Å². The first-order valence-electron chi connectivity index (χ1n) is 10.2. The first-order valence-corrected chi connectivity index (χ1v) is 10.2. The lowest BCUT2D eigenvalue weighted by Gasteiger charge is -2.28. The van der Waals surface area contributed by atoms with Gasteiger partial charge in [-0.3, -0.25) is 4.79 Å². The Bertz CT molecular complexity index is 939. The fourth-order valence-electron chi connectivity index (χ4n) is 4.19. The molecule has 168 valence electrons. The zero-order valence-electron chi connectivity index (χ0n) is 18.2. The van der Waals surface area contributed by atoms with Crippen molar-refractivity contribution in [3.8, 4) is 0 Å². The van der Waals surface area contributed by atoms with E-state index < -0.39 is 35.7 Å². The predicted molar refractivity (Wildman–Crippen MR) is 110 cm³/mol. The number of allylic oxidation sites excluding steroid dienone is 1. The number of methoxy groups -OCH3 is 1. The third-order valence-corrected chi connectivity index (χ3v) is 5.86. The number of hydrogen-bond acceptors (Lipinski definition) is 8. The molecule has 1 N–H and O–H groups in total. The van der Waals surface area contributed by atoms with Gasteiger partial charge in [-0.25, -0.2) is 9.59 Å². The van der Waals surface area contributed by atoms with Crippen LogP contribution in [0, 0.1) is 5.92 Å². The molecule has 0 unspecified atom stereocenters. The van der Waals surface area contributed by atoms with Gasteiger partial charge in [0.15, 0.2) is 6.10 Å². The third-order valence-electron chi connectivity index (χ3n) is 5.86. The van der Waals surface area contributed by atoms with Gasteiger partial charge in [0, 0.05) is 19.8 Å². The Kier molecular flexibility index (Phi) is 6.40. The van der Waals surface area contributed by atoms with Crippen LogP contribution in [0.3, 0.4) is 0 Å². The van der Waals surface area contributed by atoms with E-state index in [9.17, 15) is 19.5 Å². The van der Waals surface area contributed by atoms with Crippen molar-refractivity contribution in [2.45, 2.75) is 64.3 Å². The van der Waals surface area contributed by atoms with E-state index in [1.807, 2.05) is 6.92 Å². The summed E-state index contributed by atoms with van der Waals surface area (Å²) in [6.45, 7) is 8.87. The quantitative estimate of drug-likeness (QED) is 0.441. The second-order valence-electron chi connectivity index (χ2n) is 8.36. The maximum Gasteiger partial charge on any atom is 0.342 e. The van der Waals surface area contributed by atoms with Crippen LogP contribution < -0.4 is 0 Å². The van der Waals surface area contributed by atoms with Gasteiger partial charge >= 0.3 is 17.9 Å². The summed E-state index contributed by atoms with van der Waals surface area (Å²) in [6.07, 6.45) is 0.662. The highest BCUT2D eigenvalue weighted by molar-refractivity contribution is 5.91. The minimum atomic E-state index is -1.96. The average Bonchev–Trinajstić information content (AvgIpc) is 3.17. The van der Waals surface area contributed by atoms with Gasteiger partial charge in [-0.2, -0.15) is 0 Å². The van der Waals surface area contributed by atoms with E-state index in [-0.39, 0.29) is 18.8 Å². The summed E-state index contributed by atoms with van der Waals surface area (Å²) in [4.78, 5) is 36.6.